The van der Waals surface area contributed by atoms with Crippen LogP contribution in [0.15, 0.2) is 48.5 Å². The minimum absolute atomic E-state index is 0.0859. The maximum Gasteiger partial charge on any atom is 0.0837 e. The van der Waals surface area contributed by atoms with Crippen LogP contribution in [0, 0.1) is 11.3 Å². The van der Waals surface area contributed by atoms with Gasteiger partial charge in [-0.1, -0.05) is 49.4 Å². The van der Waals surface area contributed by atoms with E-state index in [9.17, 15) is 5.26 Å². The van der Waals surface area contributed by atoms with Gasteiger partial charge in [-0.15, -0.1) is 0 Å². The molecule has 3 rings (SSSR count). The van der Waals surface area contributed by atoms with Crippen LogP contribution in [0.3, 0.4) is 0 Å². The van der Waals surface area contributed by atoms with Gasteiger partial charge in [0.1, 0.15) is 0 Å². The molecule has 2 atom stereocenters. The SMILES string of the molecule is CCc1cc(C(CC(C#N)c2ccccc2)OC)ccc1N1CCNCC1. The van der Waals surface area contributed by atoms with Gasteiger partial charge in [0.25, 0.3) is 0 Å². The Hall–Kier alpha value is -2.35. The smallest absolute Gasteiger partial charge is 0.0837 e. The number of nitriles is 1. The lowest BCUT2D eigenvalue weighted by Gasteiger charge is -2.31. The average Bonchev–Trinajstić information content (AvgIpc) is 2.75. The fraction of sp³-hybridized carbons (Fsp3) is 0.435. The van der Waals surface area contributed by atoms with E-state index in [4.69, 9.17) is 4.74 Å². The van der Waals surface area contributed by atoms with Crippen LogP contribution in [0.5, 0.6) is 0 Å². The van der Waals surface area contributed by atoms with E-state index in [-0.39, 0.29) is 12.0 Å². The third kappa shape index (κ3) is 4.68. The van der Waals surface area contributed by atoms with Crippen LogP contribution in [0.4, 0.5) is 5.69 Å². The van der Waals surface area contributed by atoms with Crippen molar-refractivity contribution in [2.75, 3.05) is 38.2 Å². The molecule has 1 aliphatic rings. The molecule has 4 nitrogen and oxygen atoms in total. The summed E-state index contributed by atoms with van der Waals surface area (Å²) in [4.78, 5) is 2.46. The molecule has 1 aliphatic heterocycles. The van der Waals surface area contributed by atoms with Crippen molar-refractivity contribution in [2.45, 2.75) is 31.8 Å². The number of rotatable bonds is 7. The monoisotopic (exact) mass is 363 g/mol. The molecule has 1 N–H and O–H groups in total. The van der Waals surface area contributed by atoms with Gasteiger partial charge >= 0.3 is 0 Å². The number of anilines is 1. The van der Waals surface area contributed by atoms with Crippen molar-refractivity contribution < 1.29 is 4.74 Å². The molecule has 0 radical (unpaired) electrons. The quantitative estimate of drug-likeness (QED) is 0.806. The van der Waals surface area contributed by atoms with E-state index in [2.05, 4.69) is 41.4 Å². The number of nitrogens with one attached hydrogen (secondary N) is 1. The Morgan fingerprint density at radius 2 is 1.85 bits per heavy atom. The van der Waals surface area contributed by atoms with Gasteiger partial charge < -0.3 is 15.0 Å². The number of hydrogen-bond donors (Lipinski definition) is 1. The highest BCUT2D eigenvalue weighted by Gasteiger charge is 2.21. The van der Waals surface area contributed by atoms with E-state index in [0.29, 0.717) is 6.42 Å². The number of ether oxygens (including phenoxy) is 1. The average molecular weight is 364 g/mol. The Balaban J connectivity index is 1.81. The van der Waals surface area contributed by atoms with Crippen LogP contribution in [-0.4, -0.2) is 33.3 Å². The molecule has 27 heavy (non-hydrogen) atoms. The van der Waals surface area contributed by atoms with Crippen LogP contribution in [0.25, 0.3) is 0 Å². The summed E-state index contributed by atoms with van der Waals surface area (Å²) < 4.78 is 5.80. The van der Waals surface area contributed by atoms with E-state index in [0.717, 1.165) is 43.7 Å². The molecule has 0 aliphatic carbocycles. The normalized spacial score (nSPS) is 16.6. The molecule has 142 valence electrons. The Bertz CT molecular complexity index is 763. The van der Waals surface area contributed by atoms with Crippen LogP contribution in [-0.2, 0) is 11.2 Å². The van der Waals surface area contributed by atoms with Gasteiger partial charge in [-0.25, -0.2) is 0 Å². The zero-order chi connectivity index (χ0) is 19.1. The molecule has 2 aromatic carbocycles. The first-order chi connectivity index (χ1) is 13.3. The summed E-state index contributed by atoms with van der Waals surface area (Å²) in [5.41, 5.74) is 4.89. The van der Waals surface area contributed by atoms with Crippen molar-refractivity contribution >= 4 is 5.69 Å². The van der Waals surface area contributed by atoms with Crippen LogP contribution >= 0.6 is 0 Å². The lowest BCUT2D eigenvalue weighted by molar-refractivity contribution is 0.0930. The van der Waals surface area contributed by atoms with Crippen molar-refractivity contribution in [3.8, 4) is 6.07 Å². The first kappa shape index (κ1) is 19.4. The minimum atomic E-state index is -0.172. The van der Waals surface area contributed by atoms with E-state index in [1.807, 2.05) is 30.3 Å². The van der Waals surface area contributed by atoms with Crippen LogP contribution in [0.1, 0.15) is 42.1 Å². The highest BCUT2D eigenvalue weighted by Crippen LogP contribution is 2.33. The molecule has 2 unspecified atom stereocenters. The van der Waals surface area contributed by atoms with Crippen LogP contribution in [0.2, 0.25) is 0 Å². The second-order valence-electron chi connectivity index (χ2n) is 7.03. The number of benzene rings is 2. The molecule has 2 aromatic rings. The predicted molar refractivity (Wildman–Crippen MR) is 110 cm³/mol. The Kier molecular flexibility index (Phi) is 6.86. The summed E-state index contributed by atoms with van der Waals surface area (Å²) in [6.45, 7) is 6.36. The second-order valence-corrected chi connectivity index (χ2v) is 7.03. The van der Waals surface area contributed by atoms with Gasteiger partial charge in [-0.2, -0.15) is 5.26 Å². The first-order valence-electron chi connectivity index (χ1n) is 9.82. The second kappa shape index (κ2) is 9.55. The number of piperazine rings is 1. The van der Waals surface area contributed by atoms with E-state index in [1.54, 1.807) is 7.11 Å². The van der Waals surface area contributed by atoms with E-state index < -0.39 is 0 Å². The molecule has 0 aromatic heterocycles. The maximum absolute atomic E-state index is 9.67. The van der Waals surface area contributed by atoms with Crippen molar-refractivity contribution in [3.05, 3.63) is 65.2 Å². The molecular weight excluding hydrogens is 334 g/mol. The molecular formula is C23H29N3O. The largest absolute Gasteiger partial charge is 0.377 e. The van der Waals surface area contributed by atoms with Crippen molar-refractivity contribution in [3.63, 3.8) is 0 Å². The Morgan fingerprint density at radius 1 is 1.11 bits per heavy atom. The van der Waals surface area contributed by atoms with Crippen molar-refractivity contribution in [2.24, 2.45) is 0 Å². The summed E-state index contributed by atoms with van der Waals surface area (Å²) in [6.07, 6.45) is 1.56. The molecule has 1 saturated heterocycles. The molecule has 1 fully saturated rings. The fourth-order valence-corrected chi connectivity index (χ4v) is 3.83. The zero-order valence-corrected chi connectivity index (χ0v) is 16.3. The lowest BCUT2D eigenvalue weighted by atomic mass is 9.90. The van der Waals surface area contributed by atoms with Crippen LogP contribution < -0.4 is 10.2 Å². The number of nitrogens with zero attached hydrogens (tertiary/aromatic N) is 2. The highest BCUT2D eigenvalue weighted by molar-refractivity contribution is 5.56. The fourth-order valence-electron chi connectivity index (χ4n) is 3.83. The topological polar surface area (TPSA) is 48.3 Å². The van der Waals surface area contributed by atoms with Gasteiger partial charge in [0.2, 0.25) is 0 Å². The number of aryl methyl sites for hydroxylation is 1. The predicted octanol–water partition coefficient (Wildman–Crippen LogP) is 4.04. The summed E-state index contributed by atoms with van der Waals surface area (Å²) in [7, 11) is 1.74. The van der Waals surface area contributed by atoms with Gasteiger partial charge in [-0.3, -0.25) is 0 Å². The molecule has 4 heteroatoms. The first-order valence-corrected chi connectivity index (χ1v) is 9.82. The highest BCUT2D eigenvalue weighted by atomic mass is 16.5. The molecule has 0 spiro atoms. The summed E-state index contributed by atoms with van der Waals surface area (Å²) >= 11 is 0. The van der Waals surface area contributed by atoms with Crippen molar-refractivity contribution in [1.29, 1.82) is 5.26 Å². The Labute approximate surface area is 162 Å². The Morgan fingerprint density at radius 3 is 2.48 bits per heavy atom. The van der Waals surface area contributed by atoms with Gasteiger partial charge in [0.15, 0.2) is 0 Å². The van der Waals surface area contributed by atoms with Gasteiger partial charge in [0.05, 0.1) is 18.1 Å². The van der Waals surface area contributed by atoms with Gasteiger partial charge in [0, 0.05) is 39.0 Å². The summed E-state index contributed by atoms with van der Waals surface area (Å²) in [6, 6.07) is 19.1. The third-order valence-corrected chi connectivity index (χ3v) is 5.41. The summed E-state index contributed by atoms with van der Waals surface area (Å²) in [5, 5.41) is 13.1. The molecule has 0 bridgehead atoms. The van der Waals surface area contributed by atoms with E-state index in [1.165, 1.54) is 11.3 Å². The lowest BCUT2D eigenvalue weighted by Crippen LogP contribution is -2.43. The van der Waals surface area contributed by atoms with Crippen molar-refractivity contribution in [1.82, 2.24) is 5.32 Å². The number of hydrogen-bond acceptors (Lipinski definition) is 4. The maximum atomic E-state index is 9.67. The minimum Gasteiger partial charge on any atom is -0.377 e. The molecule has 1 heterocycles. The number of methoxy groups -OCH3 is 1. The standard InChI is InChI=1S/C23H29N3O/c1-3-18-15-20(9-10-22(18)26-13-11-25-12-14-26)23(27-2)16-21(17-24)19-7-5-4-6-8-19/h4-10,15,21,23,25H,3,11-14,16H2,1-2H3. The van der Waals surface area contributed by atoms with Gasteiger partial charge in [-0.05, 0) is 35.6 Å². The summed E-state index contributed by atoms with van der Waals surface area (Å²) in [5.74, 6) is -0.172. The molecule has 0 saturated carbocycles. The van der Waals surface area contributed by atoms with E-state index >= 15 is 0 Å². The third-order valence-electron chi connectivity index (χ3n) is 5.41. The zero-order valence-electron chi connectivity index (χ0n) is 16.3. The molecule has 0 amide bonds.